The van der Waals surface area contributed by atoms with Crippen LogP contribution < -0.4 is 0 Å². The summed E-state index contributed by atoms with van der Waals surface area (Å²) in [5.41, 5.74) is 3.93. The molecular weight excluding hydrogens is 315 g/mol. The first kappa shape index (κ1) is 13.7. The van der Waals surface area contributed by atoms with Crippen molar-refractivity contribution in [3.8, 4) is 5.69 Å². The number of halogens is 3. The van der Waals surface area contributed by atoms with E-state index in [-0.39, 0.29) is 0 Å². The van der Waals surface area contributed by atoms with E-state index < -0.39 is 0 Å². The number of nitrogens with zero attached hydrogens (tertiary/aromatic N) is 2. The van der Waals surface area contributed by atoms with Crippen LogP contribution in [0.4, 0.5) is 0 Å². The van der Waals surface area contributed by atoms with Gasteiger partial charge in [0.05, 0.1) is 22.6 Å². The smallest absolute Gasteiger partial charge is 0.129 e. The molecule has 3 aromatic rings. The third-order valence-corrected chi connectivity index (χ3v) is 3.78. The molecule has 102 valence electrons. The van der Waals surface area contributed by atoms with Gasteiger partial charge in [0.25, 0.3) is 0 Å². The molecule has 0 fully saturated rings. The van der Waals surface area contributed by atoms with Gasteiger partial charge >= 0.3 is 0 Å². The Hall–Kier alpha value is -1.22. The van der Waals surface area contributed by atoms with Crippen LogP contribution in [-0.4, -0.2) is 9.55 Å². The van der Waals surface area contributed by atoms with Crippen LogP contribution >= 0.6 is 34.8 Å². The average molecular weight is 326 g/mol. The Morgan fingerprint density at radius 1 is 1.05 bits per heavy atom. The van der Waals surface area contributed by atoms with Gasteiger partial charge < -0.3 is 0 Å². The maximum Gasteiger partial charge on any atom is 0.129 e. The molecule has 0 atom stereocenters. The van der Waals surface area contributed by atoms with E-state index in [2.05, 4.69) is 4.98 Å². The van der Waals surface area contributed by atoms with Crippen LogP contribution in [0.3, 0.4) is 0 Å². The molecule has 0 saturated carbocycles. The highest BCUT2D eigenvalue weighted by molar-refractivity contribution is 6.34. The Morgan fingerprint density at radius 2 is 1.75 bits per heavy atom. The van der Waals surface area contributed by atoms with Gasteiger partial charge in [-0.15, -0.1) is 11.6 Å². The standard InChI is InChI=1S/C15H11Cl3N2/c1-9-2-3-14-13(4-9)19-15(8-16)20(14)12-6-10(17)5-11(18)7-12/h2-7H,8H2,1H3. The van der Waals surface area contributed by atoms with Crippen LogP contribution in [0.2, 0.25) is 10.0 Å². The second-order valence-electron chi connectivity index (χ2n) is 4.62. The molecule has 5 heteroatoms. The molecule has 2 aromatic carbocycles. The van der Waals surface area contributed by atoms with Crippen molar-refractivity contribution < 1.29 is 0 Å². The van der Waals surface area contributed by atoms with E-state index in [1.54, 1.807) is 6.07 Å². The summed E-state index contributed by atoms with van der Waals surface area (Å²) in [6.45, 7) is 2.04. The zero-order valence-corrected chi connectivity index (χ0v) is 13.0. The lowest BCUT2D eigenvalue weighted by Gasteiger charge is -2.09. The average Bonchev–Trinajstić information content (AvgIpc) is 2.74. The maximum absolute atomic E-state index is 6.09. The van der Waals surface area contributed by atoms with Crippen molar-refractivity contribution in [1.82, 2.24) is 9.55 Å². The molecule has 0 amide bonds. The Morgan fingerprint density at radius 3 is 2.40 bits per heavy atom. The lowest BCUT2D eigenvalue weighted by Crippen LogP contribution is -1.99. The zero-order chi connectivity index (χ0) is 14.3. The fraction of sp³-hybridized carbons (Fsp3) is 0.133. The third-order valence-electron chi connectivity index (χ3n) is 3.10. The van der Waals surface area contributed by atoms with Crippen molar-refractivity contribution in [3.05, 3.63) is 57.8 Å². The number of alkyl halides is 1. The lowest BCUT2D eigenvalue weighted by atomic mass is 10.2. The van der Waals surface area contributed by atoms with E-state index in [4.69, 9.17) is 34.8 Å². The largest absolute Gasteiger partial charge is 0.295 e. The third kappa shape index (κ3) is 2.39. The highest BCUT2D eigenvalue weighted by atomic mass is 35.5. The number of hydrogen-bond donors (Lipinski definition) is 0. The van der Waals surface area contributed by atoms with Gasteiger partial charge in [0.15, 0.2) is 0 Å². The molecule has 20 heavy (non-hydrogen) atoms. The zero-order valence-electron chi connectivity index (χ0n) is 10.7. The van der Waals surface area contributed by atoms with Crippen molar-refractivity contribution in [3.63, 3.8) is 0 Å². The first-order valence-corrected chi connectivity index (χ1v) is 7.38. The van der Waals surface area contributed by atoms with Crippen LogP contribution in [0.5, 0.6) is 0 Å². The van der Waals surface area contributed by atoms with Gasteiger partial charge in [-0.3, -0.25) is 4.57 Å². The Labute approximate surface area is 131 Å². The van der Waals surface area contributed by atoms with Crippen molar-refractivity contribution in [1.29, 1.82) is 0 Å². The van der Waals surface area contributed by atoms with Gasteiger partial charge in [-0.1, -0.05) is 29.3 Å². The van der Waals surface area contributed by atoms with E-state index in [0.29, 0.717) is 15.9 Å². The second-order valence-corrected chi connectivity index (χ2v) is 5.76. The van der Waals surface area contributed by atoms with Crippen molar-refractivity contribution in [2.24, 2.45) is 0 Å². The number of aryl methyl sites for hydroxylation is 1. The molecule has 0 saturated heterocycles. The fourth-order valence-corrected chi connectivity index (χ4v) is 2.98. The van der Waals surface area contributed by atoms with Crippen LogP contribution in [0, 0.1) is 6.92 Å². The molecule has 0 aliphatic carbocycles. The molecule has 0 aliphatic rings. The van der Waals surface area contributed by atoms with Crippen LogP contribution in [0.25, 0.3) is 16.7 Å². The summed E-state index contributed by atoms with van der Waals surface area (Å²) >= 11 is 18.2. The molecule has 0 unspecified atom stereocenters. The number of aromatic nitrogens is 2. The van der Waals surface area contributed by atoms with E-state index >= 15 is 0 Å². The topological polar surface area (TPSA) is 17.8 Å². The molecule has 1 aromatic heterocycles. The fourth-order valence-electron chi connectivity index (χ4n) is 2.29. The normalized spacial score (nSPS) is 11.2. The molecule has 0 radical (unpaired) electrons. The van der Waals surface area contributed by atoms with Crippen molar-refractivity contribution in [2.75, 3.05) is 0 Å². The van der Waals surface area contributed by atoms with E-state index in [1.807, 2.05) is 41.8 Å². The highest BCUT2D eigenvalue weighted by Gasteiger charge is 2.12. The number of benzene rings is 2. The monoisotopic (exact) mass is 324 g/mol. The first-order chi connectivity index (χ1) is 9.58. The van der Waals surface area contributed by atoms with Crippen LogP contribution in [-0.2, 0) is 5.88 Å². The minimum absolute atomic E-state index is 0.317. The van der Waals surface area contributed by atoms with E-state index in [9.17, 15) is 0 Å². The highest BCUT2D eigenvalue weighted by Crippen LogP contribution is 2.27. The molecule has 0 aliphatic heterocycles. The number of rotatable bonds is 2. The predicted octanol–water partition coefficient (Wildman–Crippen LogP) is 5.38. The van der Waals surface area contributed by atoms with Gasteiger partial charge in [0, 0.05) is 10.0 Å². The molecule has 2 nitrogen and oxygen atoms in total. The number of imidazole rings is 1. The Bertz CT molecular complexity index is 773. The quantitative estimate of drug-likeness (QED) is 0.578. The molecule has 0 bridgehead atoms. The Balaban J connectivity index is 2.33. The minimum atomic E-state index is 0.317. The summed E-state index contributed by atoms with van der Waals surface area (Å²) in [4.78, 5) is 4.57. The summed E-state index contributed by atoms with van der Waals surface area (Å²) in [5.74, 6) is 1.09. The van der Waals surface area contributed by atoms with Gasteiger partial charge in [-0.2, -0.15) is 0 Å². The predicted molar refractivity (Wildman–Crippen MR) is 85.4 cm³/mol. The lowest BCUT2D eigenvalue weighted by molar-refractivity contribution is 0.982. The van der Waals surface area contributed by atoms with E-state index in [0.717, 1.165) is 28.1 Å². The molecule has 0 spiro atoms. The molecule has 3 rings (SSSR count). The van der Waals surface area contributed by atoms with Crippen molar-refractivity contribution in [2.45, 2.75) is 12.8 Å². The Kier molecular flexibility index (Phi) is 3.63. The molecule has 1 heterocycles. The minimum Gasteiger partial charge on any atom is -0.295 e. The van der Waals surface area contributed by atoms with Gasteiger partial charge in [0.2, 0.25) is 0 Å². The summed E-state index contributed by atoms with van der Waals surface area (Å²) in [7, 11) is 0. The van der Waals surface area contributed by atoms with Crippen LogP contribution in [0.1, 0.15) is 11.4 Å². The first-order valence-electron chi connectivity index (χ1n) is 6.09. The summed E-state index contributed by atoms with van der Waals surface area (Å²) < 4.78 is 1.99. The van der Waals surface area contributed by atoms with Gasteiger partial charge in [-0.25, -0.2) is 4.98 Å². The van der Waals surface area contributed by atoms with Gasteiger partial charge in [0.1, 0.15) is 5.82 Å². The summed E-state index contributed by atoms with van der Waals surface area (Å²) in [5, 5.41) is 1.17. The number of fused-ring (bicyclic) bond motifs is 1. The maximum atomic E-state index is 6.09. The van der Waals surface area contributed by atoms with Crippen molar-refractivity contribution >= 4 is 45.8 Å². The summed E-state index contributed by atoms with van der Waals surface area (Å²) in [6.07, 6.45) is 0. The molecule has 0 N–H and O–H groups in total. The van der Waals surface area contributed by atoms with Crippen LogP contribution in [0.15, 0.2) is 36.4 Å². The van der Waals surface area contributed by atoms with Gasteiger partial charge in [-0.05, 0) is 42.8 Å². The SMILES string of the molecule is Cc1ccc2c(c1)nc(CCl)n2-c1cc(Cl)cc(Cl)c1. The summed E-state index contributed by atoms with van der Waals surface area (Å²) in [6, 6.07) is 11.5. The second kappa shape index (κ2) is 5.28. The van der Waals surface area contributed by atoms with E-state index in [1.165, 1.54) is 0 Å². The number of hydrogen-bond acceptors (Lipinski definition) is 1. The molecular formula is C15H11Cl3N2.